The molecule has 58 valence electrons. The fraction of sp³-hybridized carbons (Fsp3) is 1.00. The third-order valence-electron chi connectivity index (χ3n) is 1.66. The van der Waals surface area contributed by atoms with Gasteiger partial charge in [0.15, 0.2) is 0 Å². The second-order valence-electron chi connectivity index (χ2n) is 2.49. The van der Waals surface area contributed by atoms with E-state index in [1.165, 1.54) is 0 Å². The van der Waals surface area contributed by atoms with Crippen LogP contribution in [0.3, 0.4) is 0 Å². The van der Waals surface area contributed by atoms with Gasteiger partial charge in [0.25, 0.3) is 0 Å². The van der Waals surface area contributed by atoms with Gasteiger partial charge in [-0.05, 0) is 25.9 Å². The van der Waals surface area contributed by atoms with E-state index in [2.05, 4.69) is 10.6 Å². The van der Waals surface area contributed by atoms with Crippen molar-refractivity contribution in [3.63, 3.8) is 0 Å². The fourth-order valence-electron chi connectivity index (χ4n) is 1.09. The minimum absolute atomic E-state index is 0.802. The Labute approximate surface area is 60.5 Å². The van der Waals surface area contributed by atoms with Crippen molar-refractivity contribution in [3.05, 3.63) is 4.91 Å². The van der Waals surface area contributed by atoms with Gasteiger partial charge in [0.2, 0.25) is 0 Å². The lowest BCUT2D eigenvalue weighted by molar-refractivity contribution is 0.261. The van der Waals surface area contributed by atoms with Crippen molar-refractivity contribution in [1.29, 1.82) is 0 Å². The highest BCUT2D eigenvalue weighted by Crippen LogP contribution is 1.96. The Kier molecular flexibility index (Phi) is 3.15. The van der Waals surface area contributed by atoms with Crippen molar-refractivity contribution in [2.24, 2.45) is 5.29 Å². The molecule has 1 aliphatic heterocycles. The average molecular weight is 143 g/mol. The smallest absolute Gasteiger partial charge is 0.0523 e. The summed E-state index contributed by atoms with van der Waals surface area (Å²) in [5.41, 5.74) is 0. The Morgan fingerprint density at radius 3 is 2.30 bits per heavy atom. The summed E-state index contributed by atoms with van der Waals surface area (Å²) in [6, 6.07) is 0. The Balaban J connectivity index is 2.22. The van der Waals surface area contributed by atoms with Crippen LogP contribution in [0.15, 0.2) is 5.29 Å². The molecule has 1 aliphatic rings. The molecule has 0 atom stereocenters. The molecule has 0 aromatic carbocycles. The predicted octanol–water partition coefficient (Wildman–Crippen LogP) is 0.353. The fourth-order valence-corrected chi connectivity index (χ4v) is 1.09. The van der Waals surface area contributed by atoms with Crippen LogP contribution in [0.25, 0.3) is 0 Å². The van der Waals surface area contributed by atoms with Crippen molar-refractivity contribution in [3.8, 4) is 0 Å². The number of hydrogen-bond acceptors (Lipinski definition) is 3. The molecule has 4 heteroatoms. The minimum atomic E-state index is 0.802. The van der Waals surface area contributed by atoms with Crippen LogP contribution in [0.1, 0.15) is 12.8 Å². The quantitative estimate of drug-likeness (QED) is 0.539. The summed E-state index contributed by atoms with van der Waals surface area (Å²) in [7, 11) is 0. The maximum absolute atomic E-state index is 10.1. The summed E-state index contributed by atoms with van der Waals surface area (Å²) < 4.78 is 0. The Bertz CT molecular complexity index is 99.2. The molecule has 1 heterocycles. The predicted molar refractivity (Wildman–Crippen MR) is 39.5 cm³/mol. The van der Waals surface area contributed by atoms with E-state index in [0.29, 0.717) is 0 Å². The lowest BCUT2D eigenvalue weighted by atomic mass is 10.3. The zero-order valence-corrected chi connectivity index (χ0v) is 6.05. The normalized spacial score (nSPS) is 21.4. The molecule has 0 spiro atoms. The van der Waals surface area contributed by atoms with Gasteiger partial charge in [0.1, 0.15) is 0 Å². The highest BCUT2D eigenvalue weighted by Gasteiger charge is 2.04. The monoisotopic (exact) mass is 143 g/mol. The van der Waals surface area contributed by atoms with Crippen LogP contribution in [0.5, 0.6) is 0 Å². The van der Waals surface area contributed by atoms with E-state index >= 15 is 0 Å². The van der Waals surface area contributed by atoms with E-state index in [9.17, 15) is 4.91 Å². The standard InChI is InChI=1S/C6H13N3O/c10-8-9-5-1-3-7-4-2-6-9/h7H,1-6H2. The van der Waals surface area contributed by atoms with Gasteiger partial charge in [-0.2, -0.15) is 0 Å². The molecule has 0 amide bonds. The van der Waals surface area contributed by atoms with Gasteiger partial charge in [-0.1, -0.05) is 0 Å². The molecule has 1 N–H and O–H groups in total. The number of hydrogen-bond donors (Lipinski definition) is 1. The summed E-state index contributed by atoms with van der Waals surface area (Å²) in [5, 5.41) is 7.76. The van der Waals surface area contributed by atoms with Gasteiger partial charge in [-0.25, -0.2) is 0 Å². The summed E-state index contributed by atoms with van der Waals surface area (Å²) in [6.07, 6.45) is 2.04. The highest BCUT2D eigenvalue weighted by molar-refractivity contribution is 4.59. The molecule has 0 unspecified atom stereocenters. The van der Waals surface area contributed by atoms with Gasteiger partial charge in [-0.3, -0.25) is 5.01 Å². The molecule has 10 heavy (non-hydrogen) atoms. The van der Waals surface area contributed by atoms with Crippen molar-refractivity contribution < 1.29 is 0 Å². The lowest BCUT2D eigenvalue weighted by Crippen LogP contribution is -2.30. The number of nitroso groups, excluding NO2 is 1. The zero-order valence-electron chi connectivity index (χ0n) is 6.05. The molecule has 1 rings (SSSR count). The van der Waals surface area contributed by atoms with Gasteiger partial charge < -0.3 is 5.32 Å². The Morgan fingerprint density at radius 1 is 1.20 bits per heavy atom. The summed E-state index contributed by atoms with van der Waals surface area (Å²) in [4.78, 5) is 10.1. The van der Waals surface area contributed by atoms with E-state index in [1.54, 1.807) is 5.01 Å². The molecule has 1 saturated heterocycles. The molecule has 0 radical (unpaired) electrons. The van der Waals surface area contributed by atoms with E-state index in [1.807, 2.05) is 0 Å². The van der Waals surface area contributed by atoms with Crippen molar-refractivity contribution in [2.75, 3.05) is 26.2 Å². The lowest BCUT2D eigenvalue weighted by Gasteiger charge is -2.18. The third kappa shape index (κ3) is 2.31. The topological polar surface area (TPSA) is 44.7 Å². The first-order valence-corrected chi connectivity index (χ1v) is 3.72. The minimum Gasteiger partial charge on any atom is -0.317 e. The maximum atomic E-state index is 10.1. The van der Waals surface area contributed by atoms with Gasteiger partial charge in [0.05, 0.1) is 5.29 Å². The van der Waals surface area contributed by atoms with Gasteiger partial charge in [-0.15, -0.1) is 4.91 Å². The largest absolute Gasteiger partial charge is 0.317 e. The van der Waals surface area contributed by atoms with Crippen LogP contribution in [0, 0.1) is 4.91 Å². The van der Waals surface area contributed by atoms with Crippen LogP contribution in [0.4, 0.5) is 0 Å². The Morgan fingerprint density at radius 2 is 1.80 bits per heavy atom. The van der Waals surface area contributed by atoms with Crippen LogP contribution in [0.2, 0.25) is 0 Å². The van der Waals surface area contributed by atoms with E-state index in [0.717, 1.165) is 39.0 Å². The number of rotatable bonds is 1. The summed E-state index contributed by atoms with van der Waals surface area (Å²) >= 11 is 0. The SMILES string of the molecule is O=NN1CCCNCCC1. The molecule has 1 fully saturated rings. The highest BCUT2D eigenvalue weighted by atomic mass is 16.3. The van der Waals surface area contributed by atoms with Crippen molar-refractivity contribution in [1.82, 2.24) is 10.3 Å². The molecule has 0 saturated carbocycles. The molecule has 0 aromatic rings. The zero-order chi connectivity index (χ0) is 7.23. The van der Waals surface area contributed by atoms with Gasteiger partial charge >= 0.3 is 0 Å². The van der Waals surface area contributed by atoms with Gasteiger partial charge in [0, 0.05) is 13.1 Å². The van der Waals surface area contributed by atoms with E-state index in [-0.39, 0.29) is 0 Å². The molecular formula is C6H13N3O. The molecule has 0 bridgehead atoms. The summed E-state index contributed by atoms with van der Waals surface area (Å²) in [6.45, 7) is 3.62. The number of nitrogens with zero attached hydrogens (tertiary/aromatic N) is 2. The molecule has 0 aliphatic carbocycles. The van der Waals surface area contributed by atoms with Crippen LogP contribution in [-0.2, 0) is 0 Å². The van der Waals surface area contributed by atoms with E-state index in [4.69, 9.17) is 0 Å². The van der Waals surface area contributed by atoms with Crippen molar-refractivity contribution in [2.45, 2.75) is 12.8 Å². The first-order valence-electron chi connectivity index (χ1n) is 3.72. The second kappa shape index (κ2) is 4.22. The van der Waals surface area contributed by atoms with E-state index < -0.39 is 0 Å². The molecule has 4 nitrogen and oxygen atoms in total. The molecule has 0 aromatic heterocycles. The second-order valence-corrected chi connectivity index (χ2v) is 2.49. The molecular weight excluding hydrogens is 130 g/mol. The maximum Gasteiger partial charge on any atom is 0.0523 e. The third-order valence-corrected chi connectivity index (χ3v) is 1.66. The van der Waals surface area contributed by atoms with Crippen LogP contribution >= 0.6 is 0 Å². The van der Waals surface area contributed by atoms with Crippen LogP contribution < -0.4 is 5.32 Å². The summed E-state index contributed by atoms with van der Waals surface area (Å²) in [5.74, 6) is 0. The average Bonchev–Trinajstić information content (AvgIpc) is 1.87. The first kappa shape index (κ1) is 7.47. The first-order chi connectivity index (χ1) is 4.93. The number of nitrogens with one attached hydrogen (secondary N) is 1. The van der Waals surface area contributed by atoms with Crippen LogP contribution in [-0.4, -0.2) is 31.2 Å². The van der Waals surface area contributed by atoms with Crippen molar-refractivity contribution >= 4 is 0 Å². The Hall–Kier alpha value is -0.640.